The summed E-state index contributed by atoms with van der Waals surface area (Å²) in [5, 5.41) is 3.66. The first-order valence-corrected chi connectivity index (χ1v) is 6.92. The highest BCUT2D eigenvalue weighted by molar-refractivity contribution is 4.92. The highest BCUT2D eigenvalue weighted by Gasteiger charge is 2.32. The maximum Gasteiger partial charge on any atom is 0.0474 e. The van der Waals surface area contributed by atoms with Crippen molar-refractivity contribution in [2.45, 2.75) is 52.1 Å². The van der Waals surface area contributed by atoms with Crippen molar-refractivity contribution in [1.82, 2.24) is 10.2 Å². The van der Waals surface area contributed by atoms with Crippen molar-refractivity contribution in [3.8, 4) is 0 Å². The van der Waals surface area contributed by atoms with Crippen LogP contribution in [0.25, 0.3) is 0 Å². The van der Waals surface area contributed by atoms with Gasteiger partial charge in [-0.15, -0.1) is 0 Å². The van der Waals surface area contributed by atoms with E-state index in [-0.39, 0.29) is 5.54 Å². The second kappa shape index (κ2) is 6.72. The molecule has 1 N–H and O–H groups in total. The second-order valence-corrected chi connectivity index (χ2v) is 6.36. The van der Waals surface area contributed by atoms with Crippen LogP contribution in [0.1, 0.15) is 40.5 Å². The van der Waals surface area contributed by atoms with Crippen molar-refractivity contribution in [3.63, 3.8) is 0 Å². The number of hydrogen-bond acceptors (Lipinski definition) is 3. The summed E-state index contributed by atoms with van der Waals surface area (Å²) in [5.74, 6) is 0.771. The van der Waals surface area contributed by atoms with Gasteiger partial charge in [0.05, 0.1) is 0 Å². The largest absolute Gasteiger partial charge is 0.385 e. The molecule has 0 aliphatic carbocycles. The predicted octanol–water partition coefficient (Wildman–Crippen LogP) is 2.12. The van der Waals surface area contributed by atoms with Crippen molar-refractivity contribution in [3.05, 3.63) is 0 Å². The van der Waals surface area contributed by atoms with Crippen LogP contribution in [0.3, 0.4) is 0 Å². The van der Waals surface area contributed by atoms with Crippen LogP contribution in [-0.2, 0) is 4.74 Å². The standard InChI is InChI=1S/C14H30N2O/c1-12(2)9-13-10-15-14(3,4)11-16(13)7-6-8-17-5/h12-13,15H,6-11H2,1-5H3. The van der Waals surface area contributed by atoms with Gasteiger partial charge in [0.25, 0.3) is 0 Å². The Hall–Kier alpha value is -0.120. The van der Waals surface area contributed by atoms with Crippen LogP contribution in [0.2, 0.25) is 0 Å². The van der Waals surface area contributed by atoms with E-state index in [0.717, 1.165) is 38.6 Å². The number of methoxy groups -OCH3 is 1. The van der Waals surface area contributed by atoms with Gasteiger partial charge in [0.15, 0.2) is 0 Å². The molecule has 0 aromatic rings. The fraction of sp³-hybridized carbons (Fsp3) is 1.00. The van der Waals surface area contributed by atoms with E-state index in [0.29, 0.717) is 6.04 Å². The third kappa shape index (κ3) is 5.36. The Morgan fingerprint density at radius 1 is 1.41 bits per heavy atom. The van der Waals surface area contributed by atoms with Gasteiger partial charge in [-0.2, -0.15) is 0 Å². The minimum Gasteiger partial charge on any atom is -0.385 e. The number of hydrogen-bond donors (Lipinski definition) is 1. The van der Waals surface area contributed by atoms with Crippen LogP contribution in [-0.4, -0.2) is 49.8 Å². The zero-order valence-corrected chi connectivity index (χ0v) is 12.3. The number of nitrogens with one attached hydrogen (secondary N) is 1. The maximum atomic E-state index is 5.16. The van der Waals surface area contributed by atoms with Crippen molar-refractivity contribution in [2.75, 3.05) is 33.4 Å². The van der Waals surface area contributed by atoms with Crippen LogP contribution >= 0.6 is 0 Å². The highest BCUT2D eigenvalue weighted by Crippen LogP contribution is 2.20. The van der Waals surface area contributed by atoms with Gasteiger partial charge in [-0.05, 0) is 32.6 Å². The van der Waals surface area contributed by atoms with Gasteiger partial charge in [-0.3, -0.25) is 4.90 Å². The first-order chi connectivity index (χ1) is 7.94. The molecule has 0 spiro atoms. The smallest absolute Gasteiger partial charge is 0.0474 e. The van der Waals surface area contributed by atoms with Crippen molar-refractivity contribution in [1.29, 1.82) is 0 Å². The molecule has 0 saturated carbocycles. The number of rotatable bonds is 6. The lowest BCUT2D eigenvalue weighted by Crippen LogP contribution is -2.61. The zero-order valence-electron chi connectivity index (χ0n) is 12.3. The fourth-order valence-electron chi connectivity index (χ4n) is 2.67. The first kappa shape index (κ1) is 14.9. The summed E-state index contributed by atoms with van der Waals surface area (Å²) in [5.41, 5.74) is 0.251. The molecule has 17 heavy (non-hydrogen) atoms. The first-order valence-electron chi connectivity index (χ1n) is 6.92. The Morgan fingerprint density at radius 3 is 2.71 bits per heavy atom. The molecule has 1 aliphatic heterocycles. The van der Waals surface area contributed by atoms with Crippen LogP contribution in [0, 0.1) is 5.92 Å². The topological polar surface area (TPSA) is 24.5 Å². The van der Waals surface area contributed by atoms with Crippen LogP contribution in [0.4, 0.5) is 0 Å². The molecule has 1 heterocycles. The molecule has 1 atom stereocenters. The molecule has 1 unspecified atom stereocenters. The molecule has 1 aliphatic rings. The lowest BCUT2D eigenvalue weighted by molar-refractivity contribution is 0.0722. The molecule has 0 aromatic carbocycles. The van der Waals surface area contributed by atoms with Gasteiger partial charge in [0.2, 0.25) is 0 Å². The van der Waals surface area contributed by atoms with Crippen molar-refractivity contribution < 1.29 is 4.74 Å². The Bertz CT molecular complexity index is 216. The Morgan fingerprint density at radius 2 is 2.12 bits per heavy atom. The summed E-state index contributed by atoms with van der Waals surface area (Å²) >= 11 is 0. The molecular weight excluding hydrogens is 212 g/mol. The molecule has 0 aromatic heterocycles. The SMILES string of the molecule is COCCCN1CC(C)(C)NCC1CC(C)C. The van der Waals surface area contributed by atoms with Gasteiger partial charge in [0.1, 0.15) is 0 Å². The van der Waals surface area contributed by atoms with E-state index in [1.54, 1.807) is 7.11 Å². The highest BCUT2D eigenvalue weighted by atomic mass is 16.5. The molecular formula is C14H30N2O. The second-order valence-electron chi connectivity index (χ2n) is 6.36. The quantitative estimate of drug-likeness (QED) is 0.722. The van der Waals surface area contributed by atoms with Gasteiger partial charge in [-0.1, -0.05) is 13.8 Å². The van der Waals surface area contributed by atoms with E-state index in [1.165, 1.54) is 6.42 Å². The number of nitrogens with zero attached hydrogens (tertiary/aromatic N) is 1. The maximum absolute atomic E-state index is 5.16. The van der Waals surface area contributed by atoms with Crippen LogP contribution < -0.4 is 5.32 Å². The van der Waals surface area contributed by atoms with Gasteiger partial charge >= 0.3 is 0 Å². The molecule has 1 rings (SSSR count). The van der Waals surface area contributed by atoms with E-state index in [1.807, 2.05) is 0 Å². The Labute approximate surface area is 107 Å². The third-order valence-electron chi connectivity index (χ3n) is 3.47. The van der Waals surface area contributed by atoms with E-state index in [2.05, 4.69) is 37.9 Å². The number of piperazine rings is 1. The van der Waals surface area contributed by atoms with Crippen LogP contribution in [0.5, 0.6) is 0 Å². The molecule has 1 saturated heterocycles. The van der Waals surface area contributed by atoms with E-state index in [9.17, 15) is 0 Å². The van der Waals surface area contributed by atoms with Crippen LogP contribution in [0.15, 0.2) is 0 Å². The lowest BCUT2D eigenvalue weighted by Gasteiger charge is -2.45. The summed E-state index contributed by atoms with van der Waals surface area (Å²) < 4.78 is 5.16. The molecule has 1 fully saturated rings. The summed E-state index contributed by atoms with van der Waals surface area (Å²) in [6, 6.07) is 0.694. The Balaban J connectivity index is 2.49. The summed E-state index contributed by atoms with van der Waals surface area (Å²) in [4.78, 5) is 2.65. The summed E-state index contributed by atoms with van der Waals surface area (Å²) in [6.45, 7) is 13.5. The molecule has 3 nitrogen and oxygen atoms in total. The van der Waals surface area contributed by atoms with Gasteiger partial charge in [-0.25, -0.2) is 0 Å². The molecule has 102 valence electrons. The lowest BCUT2D eigenvalue weighted by atomic mass is 9.94. The fourth-order valence-corrected chi connectivity index (χ4v) is 2.67. The van der Waals surface area contributed by atoms with Crippen molar-refractivity contribution in [2.24, 2.45) is 5.92 Å². The number of ether oxygens (including phenoxy) is 1. The summed E-state index contributed by atoms with van der Waals surface area (Å²) in [7, 11) is 1.79. The molecule has 3 heteroatoms. The van der Waals surface area contributed by atoms with E-state index < -0.39 is 0 Å². The molecule has 0 bridgehead atoms. The third-order valence-corrected chi connectivity index (χ3v) is 3.47. The van der Waals surface area contributed by atoms with E-state index in [4.69, 9.17) is 4.74 Å². The van der Waals surface area contributed by atoms with Gasteiger partial charge in [0, 0.05) is 44.9 Å². The molecule has 0 amide bonds. The van der Waals surface area contributed by atoms with E-state index >= 15 is 0 Å². The van der Waals surface area contributed by atoms with Crippen molar-refractivity contribution >= 4 is 0 Å². The van der Waals surface area contributed by atoms with Gasteiger partial charge < -0.3 is 10.1 Å². The predicted molar refractivity (Wildman–Crippen MR) is 73.4 cm³/mol. The Kier molecular flexibility index (Phi) is 5.90. The average molecular weight is 242 g/mol. The zero-order chi connectivity index (χ0) is 12.9. The average Bonchev–Trinajstić information content (AvgIpc) is 2.21. The minimum absolute atomic E-state index is 0.251. The minimum atomic E-state index is 0.251. The summed E-state index contributed by atoms with van der Waals surface area (Å²) in [6.07, 6.45) is 2.43. The molecule has 0 radical (unpaired) electrons. The normalized spacial score (nSPS) is 25.4. The monoisotopic (exact) mass is 242 g/mol.